The topological polar surface area (TPSA) is 52.6 Å². The first-order valence-corrected chi connectivity index (χ1v) is 4.83. The molecule has 0 unspecified atom stereocenters. The summed E-state index contributed by atoms with van der Waals surface area (Å²) in [6.45, 7) is 3.39. The monoisotopic (exact) mass is 254 g/mol. The Bertz CT molecular complexity index is 296. The van der Waals surface area contributed by atoms with Crippen molar-refractivity contribution in [1.29, 1.82) is 0 Å². The van der Waals surface area contributed by atoms with Gasteiger partial charge in [0.2, 0.25) is 0 Å². The molecule has 0 aliphatic rings. The minimum atomic E-state index is -4.57. The summed E-state index contributed by atoms with van der Waals surface area (Å²) in [5.41, 5.74) is -0.192. The van der Waals surface area contributed by atoms with Crippen molar-refractivity contribution in [1.82, 2.24) is 0 Å². The van der Waals surface area contributed by atoms with E-state index in [0.717, 1.165) is 0 Å². The molecule has 7 heteroatoms. The number of halogens is 3. The molecule has 0 aromatic rings. The molecule has 0 spiro atoms. The van der Waals surface area contributed by atoms with Gasteiger partial charge in [-0.25, -0.2) is 4.79 Å². The van der Waals surface area contributed by atoms with E-state index in [4.69, 9.17) is 0 Å². The zero-order chi connectivity index (χ0) is 13.5. The Kier molecular flexibility index (Phi) is 6.30. The van der Waals surface area contributed by atoms with Gasteiger partial charge in [-0.2, -0.15) is 13.2 Å². The predicted octanol–water partition coefficient (Wildman–Crippen LogP) is 1.99. The molecule has 17 heavy (non-hydrogen) atoms. The Morgan fingerprint density at radius 3 is 2.24 bits per heavy atom. The second-order valence-electron chi connectivity index (χ2n) is 3.10. The van der Waals surface area contributed by atoms with Crippen molar-refractivity contribution >= 4 is 11.9 Å². The van der Waals surface area contributed by atoms with Gasteiger partial charge in [0.1, 0.15) is 0 Å². The van der Waals surface area contributed by atoms with E-state index in [1.807, 2.05) is 0 Å². The molecular formula is C10H13F3O4. The molecule has 0 aliphatic heterocycles. The fraction of sp³-hybridized carbons (Fsp3) is 0.600. The third-order valence-electron chi connectivity index (χ3n) is 1.59. The van der Waals surface area contributed by atoms with E-state index in [0.29, 0.717) is 0 Å². The number of esters is 2. The van der Waals surface area contributed by atoms with Crippen LogP contribution in [0.15, 0.2) is 12.2 Å². The lowest BCUT2D eigenvalue weighted by molar-refractivity contribution is -0.183. The molecule has 98 valence electrons. The van der Waals surface area contributed by atoms with Crippen molar-refractivity contribution in [3.05, 3.63) is 12.2 Å². The molecule has 0 bridgehead atoms. The number of ether oxygens (including phenoxy) is 2. The van der Waals surface area contributed by atoms with Crippen LogP contribution >= 0.6 is 0 Å². The first-order chi connectivity index (χ1) is 7.76. The maximum Gasteiger partial charge on any atom is 0.422 e. The highest BCUT2D eigenvalue weighted by Gasteiger charge is 2.30. The van der Waals surface area contributed by atoms with E-state index in [2.05, 4.69) is 16.1 Å². The Hall–Kier alpha value is -1.53. The van der Waals surface area contributed by atoms with E-state index in [1.165, 1.54) is 0 Å². The number of hydrogen-bond donors (Lipinski definition) is 0. The van der Waals surface area contributed by atoms with E-state index in [1.54, 1.807) is 6.92 Å². The van der Waals surface area contributed by atoms with Gasteiger partial charge in [-0.05, 0) is 13.3 Å². The molecule has 0 radical (unpaired) electrons. The normalized spacial score (nSPS) is 10.8. The summed E-state index contributed by atoms with van der Waals surface area (Å²) >= 11 is 0. The van der Waals surface area contributed by atoms with Gasteiger partial charge in [0.25, 0.3) is 0 Å². The van der Waals surface area contributed by atoms with Gasteiger partial charge in [-0.1, -0.05) is 6.58 Å². The summed E-state index contributed by atoms with van der Waals surface area (Å²) in [5.74, 6) is -1.70. The quantitative estimate of drug-likeness (QED) is 0.537. The van der Waals surface area contributed by atoms with Gasteiger partial charge >= 0.3 is 18.1 Å². The Morgan fingerprint density at radius 1 is 1.18 bits per heavy atom. The molecule has 0 atom stereocenters. The number of carbonyl (C=O) groups is 2. The van der Waals surface area contributed by atoms with Crippen LogP contribution < -0.4 is 0 Å². The third kappa shape index (κ3) is 8.29. The molecular weight excluding hydrogens is 241 g/mol. The molecule has 0 aliphatic carbocycles. The summed E-state index contributed by atoms with van der Waals surface area (Å²) in [4.78, 5) is 21.9. The van der Waals surface area contributed by atoms with E-state index in [-0.39, 0.29) is 25.0 Å². The standard InChI is InChI=1S/C10H13F3O4/c1-3-16-8(14)5-4-7(2)9(15)17-6-10(11,12)13/h2-6H2,1H3. The molecule has 0 heterocycles. The highest BCUT2D eigenvalue weighted by molar-refractivity contribution is 5.88. The van der Waals surface area contributed by atoms with Gasteiger partial charge < -0.3 is 9.47 Å². The second kappa shape index (κ2) is 6.93. The van der Waals surface area contributed by atoms with Gasteiger partial charge in [0.05, 0.1) is 6.61 Å². The number of carbonyl (C=O) groups excluding carboxylic acids is 2. The SMILES string of the molecule is C=C(CCC(=O)OCC)C(=O)OCC(F)(F)F. The van der Waals surface area contributed by atoms with Crippen LogP contribution in [0.4, 0.5) is 13.2 Å². The summed E-state index contributed by atoms with van der Waals surface area (Å²) in [5, 5.41) is 0. The lowest BCUT2D eigenvalue weighted by Gasteiger charge is -2.09. The third-order valence-corrected chi connectivity index (χ3v) is 1.59. The smallest absolute Gasteiger partial charge is 0.422 e. The molecule has 0 fully saturated rings. The Morgan fingerprint density at radius 2 is 1.76 bits per heavy atom. The van der Waals surface area contributed by atoms with Crippen LogP contribution in [0.25, 0.3) is 0 Å². The van der Waals surface area contributed by atoms with Gasteiger partial charge in [-0.15, -0.1) is 0 Å². The van der Waals surface area contributed by atoms with E-state index >= 15 is 0 Å². The number of hydrogen-bond acceptors (Lipinski definition) is 4. The molecule has 0 aromatic heterocycles. The minimum Gasteiger partial charge on any atom is -0.466 e. The maximum atomic E-state index is 11.7. The molecule has 0 saturated heterocycles. The van der Waals surface area contributed by atoms with E-state index in [9.17, 15) is 22.8 Å². The van der Waals surface area contributed by atoms with E-state index < -0.39 is 24.7 Å². The highest BCUT2D eigenvalue weighted by atomic mass is 19.4. The van der Waals surface area contributed by atoms with Crippen LogP contribution in [0.5, 0.6) is 0 Å². The van der Waals surface area contributed by atoms with Crippen molar-refractivity contribution < 1.29 is 32.2 Å². The average molecular weight is 254 g/mol. The van der Waals surface area contributed by atoms with Crippen LogP contribution in [0.3, 0.4) is 0 Å². The van der Waals surface area contributed by atoms with Crippen LogP contribution in [-0.2, 0) is 19.1 Å². The molecule has 0 saturated carbocycles. The largest absolute Gasteiger partial charge is 0.466 e. The molecule has 0 aromatic carbocycles. The lowest BCUT2D eigenvalue weighted by atomic mass is 10.2. The first-order valence-electron chi connectivity index (χ1n) is 4.83. The predicted molar refractivity (Wildman–Crippen MR) is 52.0 cm³/mol. The Labute approximate surface area is 96.4 Å². The Balaban J connectivity index is 3.91. The van der Waals surface area contributed by atoms with Gasteiger partial charge in [0.15, 0.2) is 6.61 Å². The maximum absolute atomic E-state index is 11.7. The van der Waals surface area contributed by atoms with Crippen LogP contribution in [0, 0.1) is 0 Å². The molecule has 4 nitrogen and oxygen atoms in total. The second-order valence-corrected chi connectivity index (χ2v) is 3.10. The first kappa shape index (κ1) is 15.5. The number of alkyl halides is 3. The van der Waals surface area contributed by atoms with Crippen molar-refractivity contribution in [3.8, 4) is 0 Å². The minimum absolute atomic E-state index is 0.0878. The fourth-order valence-corrected chi connectivity index (χ4v) is 0.838. The van der Waals surface area contributed by atoms with Gasteiger partial charge in [0, 0.05) is 12.0 Å². The summed E-state index contributed by atoms with van der Waals surface area (Å²) < 4.78 is 43.7. The van der Waals surface area contributed by atoms with Crippen molar-refractivity contribution in [2.75, 3.05) is 13.2 Å². The zero-order valence-electron chi connectivity index (χ0n) is 9.30. The van der Waals surface area contributed by atoms with Gasteiger partial charge in [-0.3, -0.25) is 4.79 Å². The lowest BCUT2D eigenvalue weighted by Crippen LogP contribution is -2.21. The molecule has 0 amide bonds. The van der Waals surface area contributed by atoms with Crippen molar-refractivity contribution in [3.63, 3.8) is 0 Å². The summed E-state index contributed by atoms with van der Waals surface area (Å²) in [6.07, 6.45) is -4.78. The van der Waals surface area contributed by atoms with Crippen LogP contribution in [-0.4, -0.2) is 31.3 Å². The molecule has 0 N–H and O–H groups in total. The highest BCUT2D eigenvalue weighted by Crippen LogP contribution is 2.16. The van der Waals surface area contributed by atoms with Crippen LogP contribution in [0.2, 0.25) is 0 Å². The van der Waals surface area contributed by atoms with Crippen LogP contribution in [0.1, 0.15) is 19.8 Å². The zero-order valence-corrected chi connectivity index (χ0v) is 9.30. The fourth-order valence-electron chi connectivity index (χ4n) is 0.838. The number of rotatable bonds is 6. The van der Waals surface area contributed by atoms with Crippen molar-refractivity contribution in [2.45, 2.75) is 25.9 Å². The average Bonchev–Trinajstić information content (AvgIpc) is 2.22. The summed E-state index contributed by atoms with van der Waals surface area (Å²) in [6, 6.07) is 0. The molecule has 0 rings (SSSR count). The summed E-state index contributed by atoms with van der Waals surface area (Å²) in [7, 11) is 0. The van der Waals surface area contributed by atoms with Crippen molar-refractivity contribution in [2.24, 2.45) is 0 Å².